The van der Waals surface area contributed by atoms with E-state index in [0.717, 1.165) is 0 Å². The molecule has 1 aromatic rings. The summed E-state index contributed by atoms with van der Waals surface area (Å²) in [6.07, 6.45) is 0. The molecule has 1 aromatic carbocycles. The highest BCUT2D eigenvalue weighted by molar-refractivity contribution is 14.1. The summed E-state index contributed by atoms with van der Waals surface area (Å²) >= 11 is 1.88. The maximum absolute atomic E-state index is 11.3. The number of azide groups is 2. The van der Waals surface area contributed by atoms with Crippen LogP contribution in [0.25, 0.3) is 20.9 Å². The van der Waals surface area contributed by atoms with E-state index in [4.69, 9.17) is 11.1 Å². The first-order valence-corrected chi connectivity index (χ1v) is 5.16. The van der Waals surface area contributed by atoms with E-state index in [1.807, 2.05) is 22.6 Å². The Balaban J connectivity index is 3.28. The van der Waals surface area contributed by atoms with Crippen LogP contribution in [0.4, 0.5) is 0 Å². The van der Waals surface area contributed by atoms with Gasteiger partial charge in [-0.15, -0.1) is 0 Å². The summed E-state index contributed by atoms with van der Waals surface area (Å²) in [6, 6.07) is 4.10. The summed E-state index contributed by atoms with van der Waals surface area (Å²) in [5, 5.41) is 5.81. The van der Waals surface area contributed by atoms with Gasteiger partial charge in [-0.2, -0.15) is 0 Å². The van der Waals surface area contributed by atoms with Crippen LogP contribution >= 0.6 is 22.6 Å². The van der Waals surface area contributed by atoms with Gasteiger partial charge in [0.2, 0.25) is 11.8 Å². The molecule has 0 unspecified atom stereocenters. The molecule has 0 heterocycles. The second kappa shape index (κ2) is 5.85. The zero-order valence-electron chi connectivity index (χ0n) is 8.11. The largest absolute Gasteiger partial charge is 0.287 e. The summed E-state index contributed by atoms with van der Waals surface area (Å²) in [4.78, 5) is 27.3. The van der Waals surface area contributed by atoms with E-state index in [2.05, 4.69) is 20.1 Å². The zero-order valence-corrected chi connectivity index (χ0v) is 10.3. The summed E-state index contributed by atoms with van der Waals surface area (Å²) in [5.74, 6) is -1.61. The van der Waals surface area contributed by atoms with Gasteiger partial charge < -0.3 is 0 Å². The lowest BCUT2D eigenvalue weighted by atomic mass is 10.1. The van der Waals surface area contributed by atoms with Crippen molar-refractivity contribution in [3.63, 3.8) is 0 Å². The molecule has 0 saturated heterocycles. The van der Waals surface area contributed by atoms with E-state index in [1.54, 1.807) is 0 Å². The second-order valence-corrected chi connectivity index (χ2v) is 3.96. The van der Waals surface area contributed by atoms with Crippen LogP contribution in [0.1, 0.15) is 20.7 Å². The van der Waals surface area contributed by atoms with Crippen molar-refractivity contribution >= 4 is 34.4 Å². The van der Waals surface area contributed by atoms with E-state index in [9.17, 15) is 9.59 Å². The topological polar surface area (TPSA) is 132 Å². The first kappa shape index (κ1) is 13.0. The van der Waals surface area contributed by atoms with E-state index in [0.29, 0.717) is 3.57 Å². The van der Waals surface area contributed by atoms with Crippen molar-refractivity contribution in [3.8, 4) is 0 Å². The molecule has 0 aliphatic carbocycles. The lowest BCUT2D eigenvalue weighted by Crippen LogP contribution is -2.00. The van der Waals surface area contributed by atoms with Crippen molar-refractivity contribution in [3.05, 3.63) is 53.8 Å². The standard InChI is InChI=1S/C8H3IN6O2/c9-6-2-4(7(16)12-14-10)1-5(3-6)8(17)13-15-11/h1-3H. The quantitative estimate of drug-likeness (QED) is 0.353. The summed E-state index contributed by atoms with van der Waals surface area (Å²) in [6.45, 7) is 0. The first-order valence-electron chi connectivity index (χ1n) is 4.08. The van der Waals surface area contributed by atoms with Gasteiger partial charge in [0.25, 0.3) is 0 Å². The maximum atomic E-state index is 11.3. The molecule has 8 nitrogen and oxygen atoms in total. The summed E-state index contributed by atoms with van der Waals surface area (Å²) < 4.78 is 0.582. The van der Waals surface area contributed by atoms with Gasteiger partial charge in [-0.1, -0.05) is 0 Å². The Morgan fingerprint density at radius 1 is 1.00 bits per heavy atom. The summed E-state index contributed by atoms with van der Waals surface area (Å²) in [5.41, 5.74) is 16.4. The summed E-state index contributed by atoms with van der Waals surface area (Å²) in [7, 11) is 0. The van der Waals surface area contributed by atoms with Crippen LogP contribution in [0.2, 0.25) is 0 Å². The van der Waals surface area contributed by atoms with Crippen molar-refractivity contribution < 1.29 is 9.59 Å². The van der Waals surface area contributed by atoms with E-state index >= 15 is 0 Å². The fourth-order valence-corrected chi connectivity index (χ4v) is 1.70. The van der Waals surface area contributed by atoms with Crippen molar-refractivity contribution in [1.29, 1.82) is 0 Å². The number of rotatable bonds is 2. The van der Waals surface area contributed by atoms with E-state index < -0.39 is 11.8 Å². The number of halogens is 1. The van der Waals surface area contributed by atoms with Crippen LogP contribution in [-0.4, -0.2) is 11.8 Å². The zero-order chi connectivity index (χ0) is 12.8. The predicted octanol–water partition coefficient (Wildman–Crippen LogP) is 3.19. The number of benzene rings is 1. The third-order valence-electron chi connectivity index (χ3n) is 1.66. The molecular weight excluding hydrogens is 339 g/mol. The lowest BCUT2D eigenvalue weighted by molar-refractivity contribution is 0.0999. The van der Waals surface area contributed by atoms with E-state index in [-0.39, 0.29) is 11.1 Å². The molecule has 0 radical (unpaired) electrons. The Hall–Kier alpha value is -2.09. The third kappa shape index (κ3) is 3.45. The molecule has 84 valence electrons. The minimum atomic E-state index is -0.805. The van der Waals surface area contributed by atoms with Crippen molar-refractivity contribution in [2.45, 2.75) is 0 Å². The molecule has 0 aliphatic rings. The van der Waals surface area contributed by atoms with Crippen molar-refractivity contribution in [2.75, 3.05) is 0 Å². The van der Waals surface area contributed by atoms with Crippen LogP contribution in [0.15, 0.2) is 28.4 Å². The highest BCUT2D eigenvalue weighted by atomic mass is 127. The van der Waals surface area contributed by atoms with Crippen molar-refractivity contribution in [2.24, 2.45) is 10.2 Å². The molecule has 2 amide bonds. The second-order valence-electron chi connectivity index (χ2n) is 2.72. The molecule has 0 spiro atoms. The Bertz CT molecular complexity index is 537. The Kier molecular flexibility index (Phi) is 4.46. The van der Waals surface area contributed by atoms with Gasteiger partial charge in [0, 0.05) is 24.5 Å². The average molecular weight is 342 g/mol. The SMILES string of the molecule is [N-]=[N+]=NC(=O)c1cc(I)cc(C(=O)N=[N+]=[N-])c1. The van der Waals surface area contributed by atoms with Gasteiger partial charge in [-0.25, -0.2) is 0 Å². The molecule has 0 aromatic heterocycles. The molecule has 9 heteroatoms. The third-order valence-corrected chi connectivity index (χ3v) is 2.29. The lowest BCUT2D eigenvalue weighted by Gasteiger charge is -2.00. The van der Waals surface area contributed by atoms with Gasteiger partial charge >= 0.3 is 0 Å². The smallest absolute Gasteiger partial charge is 0.249 e. The van der Waals surface area contributed by atoms with E-state index in [1.165, 1.54) is 18.2 Å². The number of carbonyl (C=O) groups excluding carboxylic acids is 2. The molecule has 0 saturated carbocycles. The van der Waals surface area contributed by atoms with Gasteiger partial charge in [-0.3, -0.25) is 9.59 Å². The number of hydrogen-bond donors (Lipinski definition) is 0. The van der Waals surface area contributed by atoms with Crippen LogP contribution in [0.5, 0.6) is 0 Å². The van der Waals surface area contributed by atoms with Crippen LogP contribution in [0, 0.1) is 3.57 Å². The molecule has 0 aliphatic heterocycles. The molecular formula is C8H3IN6O2. The molecule has 0 bridgehead atoms. The Morgan fingerprint density at radius 3 is 1.76 bits per heavy atom. The predicted molar refractivity (Wildman–Crippen MR) is 66.1 cm³/mol. The number of carbonyl (C=O) groups is 2. The number of nitrogens with zero attached hydrogens (tertiary/aromatic N) is 6. The molecule has 0 fully saturated rings. The molecule has 0 atom stereocenters. The van der Waals surface area contributed by atoms with Crippen molar-refractivity contribution in [1.82, 2.24) is 0 Å². The van der Waals surface area contributed by atoms with Crippen LogP contribution in [-0.2, 0) is 0 Å². The Morgan fingerprint density at radius 2 is 1.41 bits per heavy atom. The monoisotopic (exact) mass is 342 g/mol. The van der Waals surface area contributed by atoms with Crippen LogP contribution < -0.4 is 0 Å². The Labute approximate surface area is 108 Å². The fourth-order valence-electron chi connectivity index (χ4n) is 1.03. The van der Waals surface area contributed by atoms with Gasteiger partial charge in [0.1, 0.15) is 0 Å². The van der Waals surface area contributed by atoms with Gasteiger partial charge in [0.15, 0.2) is 0 Å². The fraction of sp³-hybridized carbons (Fsp3) is 0. The van der Waals surface area contributed by atoms with Gasteiger partial charge in [-0.05, 0) is 62.1 Å². The molecule has 0 N–H and O–H groups in total. The molecule has 17 heavy (non-hydrogen) atoms. The molecule has 1 rings (SSSR count). The van der Waals surface area contributed by atoms with Gasteiger partial charge in [0.05, 0.1) is 0 Å². The first-order chi connectivity index (χ1) is 8.08. The maximum Gasteiger partial charge on any atom is 0.249 e. The number of amides is 2. The minimum Gasteiger partial charge on any atom is -0.287 e. The minimum absolute atomic E-state index is 0.0613. The van der Waals surface area contributed by atoms with Crippen LogP contribution in [0.3, 0.4) is 0 Å². The normalized spacial score (nSPS) is 8.76. The average Bonchev–Trinajstić information content (AvgIpc) is 2.29. The highest BCUT2D eigenvalue weighted by Crippen LogP contribution is 2.14. The highest BCUT2D eigenvalue weighted by Gasteiger charge is 2.10. The number of hydrogen-bond acceptors (Lipinski definition) is 2.